The Kier molecular flexibility index (Phi) is 6.74. The zero-order valence-corrected chi connectivity index (χ0v) is 14.5. The fourth-order valence-electron chi connectivity index (χ4n) is 2.41. The molecule has 4 nitrogen and oxygen atoms in total. The van der Waals surface area contributed by atoms with Crippen molar-refractivity contribution in [2.24, 2.45) is 0 Å². The zero-order chi connectivity index (χ0) is 16.5. The molecular weight excluding hydrogens is 376 g/mol. The molecule has 1 aliphatic heterocycles. The first-order chi connectivity index (χ1) is 10.1. The van der Waals surface area contributed by atoms with Crippen molar-refractivity contribution in [3.63, 3.8) is 0 Å². The van der Waals surface area contributed by atoms with Crippen LogP contribution in [0.3, 0.4) is 0 Å². The highest BCUT2D eigenvalue weighted by Gasteiger charge is 2.33. The van der Waals surface area contributed by atoms with E-state index in [0.29, 0.717) is 25.5 Å². The van der Waals surface area contributed by atoms with Gasteiger partial charge in [0.2, 0.25) is 10.0 Å². The molecule has 0 aliphatic carbocycles. The second-order valence-corrected chi connectivity index (χ2v) is 7.43. The number of piperidine rings is 1. The third-order valence-electron chi connectivity index (χ3n) is 3.49. The molecule has 2 unspecified atom stereocenters. The van der Waals surface area contributed by atoms with Gasteiger partial charge in [0.25, 0.3) is 0 Å². The third kappa shape index (κ3) is 5.22. The topological polar surface area (TPSA) is 58.2 Å². The summed E-state index contributed by atoms with van der Waals surface area (Å²) >= 11 is 5.78. The number of halogens is 5. The van der Waals surface area contributed by atoms with E-state index in [4.69, 9.17) is 11.6 Å². The van der Waals surface area contributed by atoms with Crippen LogP contribution in [0.15, 0.2) is 23.1 Å². The highest BCUT2D eigenvalue weighted by atomic mass is 35.5. The Morgan fingerprint density at radius 2 is 2.00 bits per heavy atom. The van der Waals surface area contributed by atoms with Gasteiger partial charge in [-0.25, -0.2) is 13.1 Å². The number of nitrogens with one attached hydrogen (secondary N) is 2. The molecule has 1 aromatic rings. The van der Waals surface area contributed by atoms with Gasteiger partial charge in [0.15, 0.2) is 0 Å². The highest BCUT2D eigenvalue weighted by Crippen LogP contribution is 2.33. The fraction of sp³-hybridized carbons (Fsp3) is 0.538. The summed E-state index contributed by atoms with van der Waals surface area (Å²) in [5.74, 6) is 0. The summed E-state index contributed by atoms with van der Waals surface area (Å²) in [4.78, 5) is -0.546. The molecule has 0 radical (unpaired) electrons. The largest absolute Gasteiger partial charge is 0.416 e. The standard InChI is InChI=1S/C13H16ClF3N2O2S.ClH/c1-8-6-10(4-5-18-8)19-22(20,21)12-7-9(13(15,16)17)2-3-11(12)14;/h2-3,7-8,10,18-19H,4-6H2,1H3;1H. The number of hydrogen-bond donors (Lipinski definition) is 2. The lowest BCUT2D eigenvalue weighted by molar-refractivity contribution is -0.137. The van der Waals surface area contributed by atoms with Crippen LogP contribution in [-0.4, -0.2) is 27.0 Å². The normalized spacial score (nSPS) is 22.5. The van der Waals surface area contributed by atoms with Crippen LogP contribution in [0.2, 0.25) is 5.02 Å². The van der Waals surface area contributed by atoms with E-state index >= 15 is 0 Å². The molecule has 0 saturated carbocycles. The van der Waals surface area contributed by atoms with E-state index in [2.05, 4.69) is 10.0 Å². The van der Waals surface area contributed by atoms with Gasteiger partial charge in [0.05, 0.1) is 10.6 Å². The van der Waals surface area contributed by atoms with Crippen molar-refractivity contribution in [3.05, 3.63) is 28.8 Å². The molecule has 0 bridgehead atoms. The van der Waals surface area contributed by atoms with Gasteiger partial charge in [0.1, 0.15) is 4.90 Å². The summed E-state index contributed by atoms with van der Waals surface area (Å²) in [6.07, 6.45) is -3.49. The van der Waals surface area contributed by atoms with E-state index in [0.717, 1.165) is 12.1 Å². The molecule has 2 atom stereocenters. The maximum absolute atomic E-state index is 12.7. The Bertz CT molecular complexity index is 653. The summed E-state index contributed by atoms with van der Waals surface area (Å²) in [5.41, 5.74) is -1.05. The van der Waals surface area contributed by atoms with E-state index in [-0.39, 0.29) is 29.5 Å². The SMILES string of the molecule is CC1CC(NS(=O)(=O)c2cc(C(F)(F)F)ccc2Cl)CCN1.Cl. The van der Waals surface area contributed by atoms with Crippen molar-refractivity contribution in [1.82, 2.24) is 10.0 Å². The van der Waals surface area contributed by atoms with Crippen LogP contribution in [0.5, 0.6) is 0 Å². The molecule has 1 fully saturated rings. The Labute approximate surface area is 144 Å². The second kappa shape index (κ2) is 7.57. The molecule has 2 N–H and O–H groups in total. The lowest BCUT2D eigenvalue weighted by Crippen LogP contribution is -2.46. The van der Waals surface area contributed by atoms with Crippen LogP contribution < -0.4 is 10.0 Å². The molecule has 1 aliphatic rings. The number of hydrogen-bond acceptors (Lipinski definition) is 3. The Morgan fingerprint density at radius 3 is 2.57 bits per heavy atom. The molecule has 0 spiro atoms. The Morgan fingerprint density at radius 1 is 1.35 bits per heavy atom. The van der Waals surface area contributed by atoms with Gasteiger partial charge >= 0.3 is 6.18 Å². The summed E-state index contributed by atoms with van der Waals surface area (Å²) in [6.45, 7) is 2.56. The Balaban J connectivity index is 0.00000264. The van der Waals surface area contributed by atoms with Gasteiger partial charge < -0.3 is 5.32 Å². The lowest BCUT2D eigenvalue weighted by atomic mass is 10.0. The van der Waals surface area contributed by atoms with E-state index in [9.17, 15) is 21.6 Å². The minimum absolute atomic E-state index is 0. The van der Waals surface area contributed by atoms with Crippen LogP contribution in [0.25, 0.3) is 0 Å². The molecule has 23 heavy (non-hydrogen) atoms. The van der Waals surface area contributed by atoms with Gasteiger partial charge in [0, 0.05) is 12.1 Å². The Hall–Kier alpha value is -0.540. The number of rotatable bonds is 3. The summed E-state index contributed by atoms with van der Waals surface area (Å²) in [7, 11) is -4.11. The number of sulfonamides is 1. The molecule has 1 heterocycles. The average molecular weight is 393 g/mol. The van der Waals surface area contributed by atoms with Crippen molar-refractivity contribution in [1.29, 1.82) is 0 Å². The molecule has 2 rings (SSSR count). The predicted octanol–water partition coefficient (Wildman–Crippen LogP) is 3.20. The molecule has 132 valence electrons. The highest BCUT2D eigenvalue weighted by molar-refractivity contribution is 7.89. The van der Waals surface area contributed by atoms with Crippen molar-refractivity contribution in [2.75, 3.05) is 6.54 Å². The maximum atomic E-state index is 12.7. The first-order valence-corrected chi connectivity index (χ1v) is 8.58. The van der Waals surface area contributed by atoms with Crippen LogP contribution in [0, 0.1) is 0 Å². The van der Waals surface area contributed by atoms with Crippen LogP contribution in [0.1, 0.15) is 25.3 Å². The average Bonchev–Trinajstić information content (AvgIpc) is 2.36. The van der Waals surface area contributed by atoms with E-state index in [1.165, 1.54) is 0 Å². The van der Waals surface area contributed by atoms with E-state index < -0.39 is 26.7 Å². The van der Waals surface area contributed by atoms with Crippen LogP contribution in [-0.2, 0) is 16.2 Å². The summed E-state index contributed by atoms with van der Waals surface area (Å²) in [6, 6.07) is 2.08. The molecule has 10 heteroatoms. The minimum Gasteiger partial charge on any atom is -0.314 e. The number of alkyl halides is 3. The van der Waals surface area contributed by atoms with Crippen molar-refractivity contribution < 1.29 is 21.6 Å². The number of benzene rings is 1. The van der Waals surface area contributed by atoms with Gasteiger partial charge in [-0.2, -0.15) is 13.2 Å². The van der Waals surface area contributed by atoms with Crippen LogP contribution >= 0.6 is 24.0 Å². The molecule has 0 aromatic heterocycles. The monoisotopic (exact) mass is 392 g/mol. The summed E-state index contributed by atoms with van der Waals surface area (Å²) in [5, 5.41) is 2.93. The zero-order valence-electron chi connectivity index (χ0n) is 12.2. The third-order valence-corrected chi connectivity index (χ3v) is 5.50. The molecular formula is C13H17Cl2F3N2O2S. The van der Waals surface area contributed by atoms with Gasteiger partial charge in [-0.15, -0.1) is 12.4 Å². The van der Waals surface area contributed by atoms with Gasteiger partial charge in [-0.3, -0.25) is 0 Å². The van der Waals surface area contributed by atoms with Crippen molar-refractivity contribution in [2.45, 2.75) is 42.9 Å². The van der Waals surface area contributed by atoms with Gasteiger partial charge in [-0.05, 0) is 44.5 Å². The second-order valence-electron chi connectivity index (χ2n) is 5.34. The van der Waals surface area contributed by atoms with Crippen LogP contribution in [0.4, 0.5) is 13.2 Å². The predicted molar refractivity (Wildman–Crippen MR) is 84.5 cm³/mol. The first-order valence-electron chi connectivity index (χ1n) is 6.72. The quantitative estimate of drug-likeness (QED) is 0.830. The van der Waals surface area contributed by atoms with E-state index in [1.807, 2.05) is 6.92 Å². The molecule has 1 aromatic carbocycles. The molecule has 1 saturated heterocycles. The summed E-state index contributed by atoms with van der Waals surface area (Å²) < 4.78 is 65.3. The first kappa shape index (κ1) is 20.5. The van der Waals surface area contributed by atoms with E-state index in [1.54, 1.807) is 0 Å². The minimum atomic E-state index is -4.63. The lowest BCUT2D eigenvalue weighted by Gasteiger charge is -2.28. The fourth-order valence-corrected chi connectivity index (χ4v) is 4.22. The van der Waals surface area contributed by atoms with Gasteiger partial charge in [-0.1, -0.05) is 11.6 Å². The smallest absolute Gasteiger partial charge is 0.314 e. The van der Waals surface area contributed by atoms with Crippen molar-refractivity contribution in [3.8, 4) is 0 Å². The van der Waals surface area contributed by atoms with Crippen molar-refractivity contribution >= 4 is 34.0 Å². The maximum Gasteiger partial charge on any atom is 0.416 e. The molecule has 0 amide bonds.